The number of anilines is 1. The zero-order valence-electron chi connectivity index (χ0n) is 23.5. The highest BCUT2D eigenvalue weighted by atomic mass is 35.5. The average Bonchev–Trinajstić information content (AvgIpc) is 2.96. The number of benzene rings is 3. The Kier molecular flexibility index (Phi) is 8.12. The molecule has 0 saturated carbocycles. The summed E-state index contributed by atoms with van der Waals surface area (Å²) in [6, 6.07) is 15.5. The van der Waals surface area contributed by atoms with Crippen molar-refractivity contribution >= 4 is 51.8 Å². The first-order valence-corrected chi connectivity index (χ1v) is 14.3. The van der Waals surface area contributed by atoms with Gasteiger partial charge in [-0.05, 0) is 60.9 Å². The van der Waals surface area contributed by atoms with Crippen LogP contribution in [-0.2, 0) is 4.79 Å². The molecule has 1 atom stereocenters. The average molecular weight is 606 g/mol. The minimum atomic E-state index is -1.05. The number of hydrogen-bond donors (Lipinski definition) is 1. The van der Waals surface area contributed by atoms with E-state index in [2.05, 4.69) is 11.6 Å². The van der Waals surface area contributed by atoms with Crippen molar-refractivity contribution in [1.82, 2.24) is 14.5 Å². The van der Waals surface area contributed by atoms with Gasteiger partial charge in [-0.3, -0.25) is 9.36 Å². The van der Waals surface area contributed by atoms with Crippen molar-refractivity contribution in [3.8, 4) is 16.8 Å². The molecule has 1 N–H and O–H groups in total. The minimum Gasteiger partial charge on any atom is -0.478 e. The van der Waals surface area contributed by atoms with Crippen molar-refractivity contribution in [3.05, 3.63) is 98.9 Å². The lowest BCUT2D eigenvalue weighted by atomic mass is 9.97. The number of carbonyl (C=O) groups is 2. The van der Waals surface area contributed by atoms with Crippen LogP contribution in [0.4, 0.5) is 5.82 Å². The summed E-state index contributed by atoms with van der Waals surface area (Å²) in [6.45, 7) is 10.8. The monoisotopic (exact) mass is 604 g/mol. The van der Waals surface area contributed by atoms with Crippen molar-refractivity contribution in [2.75, 3.05) is 24.5 Å². The van der Waals surface area contributed by atoms with E-state index in [-0.39, 0.29) is 23.4 Å². The first-order valence-electron chi connectivity index (χ1n) is 13.6. The fourth-order valence-electron chi connectivity index (χ4n) is 5.52. The van der Waals surface area contributed by atoms with Gasteiger partial charge in [-0.2, -0.15) is 4.98 Å². The lowest BCUT2D eigenvalue weighted by Crippen LogP contribution is -2.54. The van der Waals surface area contributed by atoms with E-state index in [1.54, 1.807) is 29.2 Å². The molecule has 0 radical (unpaired) electrons. The number of aromatic nitrogens is 2. The van der Waals surface area contributed by atoms with Crippen LogP contribution < -0.4 is 10.6 Å². The Bertz CT molecular complexity index is 1800. The molecule has 2 heterocycles. The molecule has 1 saturated heterocycles. The molecule has 42 heavy (non-hydrogen) atoms. The maximum atomic E-state index is 14.0. The highest BCUT2D eigenvalue weighted by molar-refractivity contribution is 6.37. The number of carboxylic acids is 1. The van der Waals surface area contributed by atoms with Crippen LogP contribution in [0, 0.1) is 0 Å². The van der Waals surface area contributed by atoms with Gasteiger partial charge in [-0.1, -0.05) is 61.8 Å². The molecular formula is C32H30Cl2N4O4. The van der Waals surface area contributed by atoms with Gasteiger partial charge >= 0.3 is 11.7 Å². The normalized spacial score (nSPS) is 15.3. The van der Waals surface area contributed by atoms with E-state index in [1.807, 2.05) is 49.9 Å². The van der Waals surface area contributed by atoms with Crippen LogP contribution in [0.15, 0.2) is 72.0 Å². The number of nitrogens with zero attached hydrogens (tertiary/aromatic N) is 4. The molecule has 0 aliphatic carbocycles. The molecule has 5 rings (SSSR count). The van der Waals surface area contributed by atoms with Gasteiger partial charge in [0, 0.05) is 52.2 Å². The maximum Gasteiger partial charge on any atom is 0.354 e. The van der Waals surface area contributed by atoms with E-state index in [9.17, 15) is 19.5 Å². The summed E-state index contributed by atoms with van der Waals surface area (Å²) in [5.41, 5.74) is 2.72. The largest absolute Gasteiger partial charge is 0.478 e. The molecule has 4 aromatic rings. The number of rotatable bonds is 6. The Morgan fingerprint density at radius 1 is 1.05 bits per heavy atom. The molecule has 1 aliphatic rings. The molecule has 0 unspecified atom stereocenters. The third-order valence-electron chi connectivity index (χ3n) is 7.65. The van der Waals surface area contributed by atoms with Crippen molar-refractivity contribution in [3.63, 3.8) is 0 Å². The van der Waals surface area contributed by atoms with Crippen molar-refractivity contribution in [2.24, 2.45) is 0 Å². The molecule has 1 aliphatic heterocycles. The molecule has 10 heteroatoms. The second-order valence-electron chi connectivity index (χ2n) is 10.6. The number of piperazine rings is 1. The Hall–Kier alpha value is -4.14. The van der Waals surface area contributed by atoms with Gasteiger partial charge in [0.2, 0.25) is 5.91 Å². The number of amides is 1. The van der Waals surface area contributed by atoms with Crippen LogP contribution in [0.1, 0.15) is 42.6 Å². The summed E-state index contributed by atoms with van der Waals surface area (Å²) in [7, 11) is 0. The first-order chi connectivity index (χ1) is 20.0. The van der Waals surface area contributed by atoms with Crippen molar-refractivity contribution in [2.45, 2.75) is 32.7 Å². The summed E-state index contributed by atoms with van der Waals surface area (Å²) >= 11 is 13.5. The summed E-state index contributed by atoms with van der Waals surface area (Å²) in [6.07, 6.45) is 1.30. The molecule has 1 fully saturated rings. The van der Waals surface area contributed by atoms with Gasteiger partial charge in [-0.25, -0.2) is 9.59 Å². The molecule has 1 aromatic heterocycles. The lowest BCUT2D eigenvalue weighted by Gasteiger charge is -2.40. The highest BCUT2D eigenvalue weighted by Crippen LogP contribution is 2.39. The van der Waals surface area contributed by atoms with Crippen LogP contribution >= 0.6 is 23.2 Å². The fraction of sp³-hybridized carbons (Fsp3) is 0.250. The Balaban J connectivity index is 1.80. The predicted molar refractivity (Wildman–Crippen MR) is 167 cm³/mol. The van der Waals surface area contributed by atoms with Crippen LogP contribution in [0.5, 0.6) is 0 Å². The van der Waals surface area contributed by atoms with Crippen LogP contribution in [0.2, 0.25) is 10.0 Å². The van der Waals surface area contributed by atoms with Gasteiger partial charge in [0.15, 0.2) is 0 Å². The Morgan fingerprint density at radius 3 is 2.43 bits per heavy atom. The van der Waals surface area contributed by atoms with Crippen LogP contribution in [0.3, 0.4) is 0 Å². The molecule has 216 valence electrons. The van der Waals surface area contributed by atoms with E-state index >= 15 is 0 Å². The number of aromatic carboxylic acids is 1. The zero-order chi connectivity index (χ0) is 30.3. The van der Waals surface area contributed by atoms with Crippen LogP contribution in [-0.4, -0.2) is 57.1 Å². The molecule has 8 nitrogen and oxygen atoms in total. The molecule has 0 bridgehead atoms. The SMILES string of the molecule is C=CC(=O)N1CCN(c2nc(=O)n(-c3ccc(C(=O)O)cc3C(C)C)c3cc(-c4ccccc4Cl)c(Cl)cc23)[C@@H](C)C1. The van der Waals surface area contributed by atoms with Gasteiger partial charge in [0.25, 0.3) is 0 Å². The lowest BCUT2D eigenvalue weighted by molar-refractivity contribution is -0.126. The van der Waals surface area contributed by atoms with E-state index in [1.165, 1.54) is 16.7 Å². The predicted octanol–water partition coefficient (Wildman–Crippen LogP) is 6.40. The van der Waals surface area contributed by atoms with E-state index in [0.29, 0.717) is 68.8 Å². The molecule has 3 aromatic carbocycles. The second kappa shape index (κ2) is 11.6. The minimum absolute atomic E-state index is 0.0910. The second-order valence-corrected chi connectivity index (χ2v) is 11.5. The van der Waals surface area contributed by atoms with Gasteiger partial charge in [0.05, 0.1) is 16.8 Å². The topological polar surface area (TPSA) is 95.7 Å². The third kappa shape index (κ3) is 5.28. The highest BCUT2D eigenvalue weighted by Gasteiger charge is 2.30. The van der Waals surface area contributed by atoms with Crippen LogP contribution in [0.25, 0.3) is 27.7 Å². The molecular weight excluding hydrogens is 575 g/mol. The smallest absolute Gasteiger partial charge is 0.354 e. The summed E-state index contributed by atoms with van der Waals surface area (Å²) < 4.78 is 1.51. The Morgan fingerprint density at radius 2 is 1.79 bits per heavy atom. The molecule has 0 spiro atoms. The zero-order valence-corrected chi connectivity index (χ0v) is 25.0. The van der Waals surface area contributed by atoms with E-state index in [0.717, 1.165) is 0 Å². The maximum absolute atomic E-state index is 14.0. The number of fused-ring (bicyclic) bond motifs is 1. The summed E-state index contributed by atoms with van der Waals surface area (Å²) in [5.74, 6) is -0.824. The molecule has 1 amide bonds. The van der Waals surface area contributed by atoms with Gasteiger partial charge in [-0.15, -0.1) is 0 Å². The number of carboxylic acid groups (broad SMARTS) is 1. The quantitative estimate of drug-likeness (QED) is 0.256. The Labute approximate surface area is 253 Å². The first kappa shape index (κ1) is 29.4. The summed E-state index contributed by atoms with van der Waals surface area (Å²) in [5, 5.41) is 11.2. The van der Waals surface area contributed by atoms with E-state index in [4.69, 9.17) is 23.2 Å². The standard InChI is InChI=1S/C32H30Cl2N4O4/c1-5-29(39)36-12-13-37(19(4)17-36)30-24-15-26(34)23(21-8-6-7-9-25(21)33)16-28(24)38(32(42)35-30)27-11-10-20(31(40)41)14-22(27)18(2)3/h5-11,14-16,18-19H,1,12-13,17H2,2-4H3,(H,40,41)/t19-/m0/s1. The fourth-order valence-corrected chi connectivity index (χ4v) is 6.03. The van der Waals surface area contributed by atoms with E-state index < -0.39 is 11.7 Å². The van der Waals surface area contributed by atoms with Gasteiger partial charge < -0.3 is 14.9 Å². The van der Waals surface area contributed by atoms with Crippen molar-refractivity contribution < 1.29 is 14.7 Å². The number of carbonyl (C=O) groups excluding carboxylic acids is 1. The number of halogens is 2. The van der Waals surface area contributed by atoms with Gasteiger partial charge in [0.1, 0.15) is 5.82 Å². The number of hydrogen-bond acceptors (Lipinski definition) is 5. The summed E-state index contributed by atoms with van der Waals surface area (Å²) in [4.78, 5) is 46.3. The van der Waals surface area contributed by atoms with Crippen molar-refractivity contribution in [1.29, 1.82) is 0 Å². The third-order valence-corrected chi connectivity index (χ3v) is 8.29.